The highest BCUT2D eigenvalue weighted by atomic mass is 32.2. The van der Waals surface area contributed by atoms with Gasteiger partial charge in [-0.1, -0.05) is 24.3 Å². The minimum absolute atomic E-state index is 0.103. The summed E-state index contributed by atoms with van der Waals surface area (Å²) in [5.41, 5.74) is 3.85. The van der Waals surface area contributed by atoms with Crippen LogP contribution in [0.15, 0.2) is 41.3 Å². The van der Waals surface area contributed by atoms with Gasteiger partial charge in [-0.3, -0.25) is 9.59 Å². The number of ether oxygens (including phenoxy) is 1. The second-order valence-electron chi connectivity index (χ2n) is 7.03. The van der Waals surface area contributed by atoms with Gasteiger partial charge in [0.05, 0.1) is 4.90 Å². The number of aryl methyl sites for hydroxylation is 4. The summed E-state index contributed by atoms with van der Waals surface area (Å²) >= 11 is 0. The maximum absolute atomic E-state index is 12.4. The van der Waals surface area contributed by atoms with Crippen LogP contribution in [-0.2, 0) is 24.3 Å². The Labute approximate surface area is 171 Å². The van der Waals surface area contributed by atoms with Crippen LogP contribution < -0.4 is 10.0 Å². The van der Waals surface area contributed by atoms with Gasteiger partial charge in [0.2, 0.25) is 10.0 Å². The summed E-state index contributed by atoms with van der Waals surface area (Å²) in [5.74, 6) is -1.34. The molecule has 0 fully saturated rings. The van der Waals surface area contributed by atoms with Crippen LogP contribution in [-0.4, -0.2) is 32.9 Å². The van der Waals surface area contributed by atoms with E-state index >= 15 is 0 Å². The Morgan fingerprint density at radius 3 is 2.21 bits per heavy atom. The topological polar surface area (TPSA) is 102 Å². The third-order valence-corrected chi connectivity index (χ3v) is 5.91. The number of carbonyl (C=O) groups excluding carboxylic acids is 2. The minimum atomic E-state index is -3.87. The summed E-state index contributed by atoms with van der Waals surface area (Å²) in [7, 11) is -3.87. The molecule has 0 aliphatic rings. The van der Waals surface area contributed by atoms with Crippen LogP contribution in [0.5, 0.6) is 0 Å². The number of sulfonamides is 1. The molecular formula is C21H26N2O5S. The van der Waals surface area contributed by atoms with Crippen molar-refractivity contribution in [3.63, 3.8) is 0 Å². The monoisotopic (exact) mass is 418 g/mol. The van der Waals surface area contributed by atoms with Crippen molar-refractivity contribution in [1.82, 2.24) is 4.72 Å². The molecule has 156 valence electrons. The van der Waals surface area contributed by atoms with E-state index in [0.717, 1.165) is 16.7 Å². The predicted molar refractivity (Wildman–Crippen MR) is 111 cm³/mol. The lowest BCUT2D eigenvalue weighted by molar-refractivity contribution is -0.151. The molecule has 2 aromatic carbocycles. The molecule has 2 rings (SSSR count). The van der Waals surface area contributed by atoms with Crippen LogP contribution in [0.25, 0.3) is 0 Å². The molecule has 1 atom stereocenters. The van der Waals surface area contributed by atoms with Crippen LogP contribution in [0.3, 0.4) is 0 Å². The average Bonchev–Trinajstić information content (AvgIpc) is 2.65. The lowest BCUT2D eigenvalue weighted by Crippen LogP contribution is -2.36. The van der Waals surface area contributed by atoms with Crippen LogP contribution in [0.1, 0.15) is 29.2 Å². The summed E-state index contributed by atoms with van der Waals surface area (Å²) in [6.07, 6.45) is -1.08. The highest BCUT2D eigenvalue weighted by Gasteiger charge is 2.22. The lowest BCUT2D eigenvalue weighted by Gasteiger charge is -2.15. The van der Waals surface area contributed by atoms with Crippen LogP contribution >= 0.6 is 0 Å². The lowest BCUT2D eigenvalue weighted by atomic mass is 10.1. The van der Waals surface area contributed by atoms with Gasteiger partial charge < -0.3 is 10.1 Å². The van der Waals surface area contributed by atoms with Gasteiger partial charge in [-0.25, -0.2) is 8.42 Å². The van der Waals surface area contributed by atoms with E-state index in [9.17, 15) is 18.0 Å². The zero-order valence-corrected chi connectivity index (χ0v) is 18.0. The van der Waals surface area contributed by atoms with Crippen molar-refractivity contribution >= 4 is 27.6 Å². The number of anilines is 1. The van der Waals surface area contributed by atoms with Gasteiger partial charge >= 0.3 is 5.97 Å². The van der Waals surface area contributed by atoms with Crippen molar-refractivity contribution in [2.75, 3.05) is 11.9 Å². The van der Waals surface area contributed by atoms with Crippen LogP contribution in [0, 0.1) is 27.7 Å². The molecule has 1 amide bonds. The number of amides is 1. The Morgan fingerprint density at radius 2 is 1.55 bits per heavy atom. The molecule has 0 spiro atoms. The van der Waals surface area contributed by atoms with Crippen LogP contribution in [0.2, 0.25) is 0 Å². The van der Waals surface area contributed by atoms with E-state index in [1.165, 1.54) is 13.0 Å². The molecule has 2 N–H and O–H groups in total. The van der Waals surface area contributed by atoms with Crippen molar-refractivity contribution in [2.45, 2.75) is 45.6 Å². The zero-order valence-electron chi connectivity index (χ0n) is 17.2. The van der Waals surface area contributed by atoms with E-state index < -0.39 is 34.5 Å². The molecule has 0 saturated carbocycles. The summed E-state index contributed by atoms with van der Waals surface area (Å²) in [4.78, 5) is 24.4. The summed E-state index contributed by atoms with van der Waals surface area (Å²) in [6, 6.07) is 10.7. The van der Waals surface area contributed by atoms with E-state index in [1.54, 1.807) is 26.0 Å². The Hall–Kier alpha value is -2.71. The van der Waals surface area contributed by atoms with E-state index in [1.807, 2.05) is 32.0 Å². The Kier molecular flexibility index (Phi) is 7.16. The van der Waals surface area contributed by atoms with Gasteiger partial charge in [-0.05, 0) is 69.0 Å². The number of hydrogen-bond acceptors (Lipinski definition) is 5. The second-order valence-corrected chi connectivity index (χ2v) is 8.77. The fraction of sp³-hybridized carbons (Fsp3) is 0.333. The van der Waals surface area contributed by atoms with Crippen molar-refractivity contribution in [3.05, 3.63) is 58.7 Å². The second kappa shape index (κ2) is 9.19. The summed E-state index contributed by atoms with van der Waals surface area (Å²) in [6.45, 7) is 8.07. The zero-order chi connectivity index (χ0) is 21.8. The van der Waals surface area contributed by atoms with Crippen molar-refractivity contribution < 1.29 is 22.7 Å². The smallest absolute Gasteiger partial charge is 0.321 e. The first-order valence-corrected chi connectivity index (χ1v) is 10.6. The third kappa shape index (κ3) is 6.13. The highest BCUT2D eigenvalue weighted by molar-refractivity contribution is 7.89. The fourth-order valence-corrected chi connectivity index (χ4v) is 3.92. The van der Waals surface area contributed by atoms with Gasteiger partial charge in [0.15, 0.2) is 6.10 Å². The van der Waals surface area contributed by atoms with Gasteiger partial charge in [-0.2, -0.15) is 4.72 Å². The number of rotatable bonds is 7. The molecule has 0 bridgehead atoms. The molecule has 0 heterocycles. The predicted octanol–water partition coefficient (Wildman–Crippen LogP) is 2.77. The number of esters is 1. The third-order valence-electron chi connectivity index (χ3n) is 4.37. The standard InChI is InChI=1S/C21H26N2O5S/c1-13-6-8-15(3)18(10-13)23-21(25)17(5)28-20(24)12-22-29(26,27)19-11-14(2)7-9-16(19)4/h6-11,17,22H,12H2,1-5H3,(H,23,25)/t17-/m1/s1. The summed E-state index contributed by atoms with van der Waals surface area (Å²) in [5, 5.41) is 2.71. The van der Waals surface area contributed by atoms with Crippen molar-refractivity contribution in [1.29, 1.82) is 0 Å². The first-order chi connectivity index (χ1) is 13.5. The quantitative estimate of drug-likeness (QED) is 0.673. The van der Waals surface area contributed by atoms with Crippen molar-refractivity contribution in [3.8, 4) is 0 Å². The van der Waals surface area contributed by atoms with Crippen molar-refractivity contribution in [2.24, 2.45) is 0 Å². The molecule has 29 heavy (non-hydrogen) atoms. The molecule has 0 aromatic heterocycles. The highest BCUT2D eigenvalue weighted by Crippen LogP contribution is 2.18. The summed E-state index contributed by atoms with van der Waals surface area (Å²) < 4.78 is 32.2. The maximum atomic E-state index is 12.4. The van der Waals surface area contributed by atoms with Gasteiger partial charge in [0.25, 0.3) is 5.91 Å². The number of nitrogens with one attached hydrogen (secondary N) is 2. The van der Waals surface area contributed by atoms with Gasteiger partial charge in [-0.15, -0.1) is 0 Å². The molecule has 8 heteroatoms. The van der Waals surface area contributed by atoms with E-state index in [4.69, 9.17) is 4.74 Å². The number of carbonyl (C=O) groups is 2. The molecule has 0 radical (unpaired) electrons. The molecule has 7 nitrogen and oxygen atoms in total. The first kappa shape index (κ1) is 22.6. The fourth-order valence-electron chi connectivity index (χ4n) is 2.63. The molecule has 0 aliphatic carbocycles. The molecule has 0 aliphatic heterocycles. The van der Waals surface area contributed by atoms with E-state index in [2.05, 4.69) is 10.0 Å². The normalized spacial score (nSPS) is 12.3. The van der Waals surface area contributed by atoms with Gasteiger partial charge in [0, 0.05) is 5.69 Å². The maximum Gasteiger partial charge on any atom is 0.321 e. The average molecular weight is 419 g/mol. The van der Waals surface area contributed by atoms with E-state index in [-0.39, 0.29) is 4.90 Å². The Morgan fingerprint density at radius 1 is 0.966 bits per heavy atom. The SMILES string of the molecule is Cc1ccc(C)c(NC(=O)[C@@H](C)OC(=O)CNS(=O)(=O)c2cc(C)ccc2C)c1. The molecule has 0 saturated heterocycles. The number of benzene rings is 2. The Bertz CT molecular complexity index is 1030. The molecular weight excluding hydrogens is 392 g/mol. The molecule has 2 aromatic rings. The van der Waals surface area contributed by atoms with Crippen LogP contribution in [0.4, 0.5) is 5.69 Å². The minimum Gasteiger partial charge on any atom is -0.452 e. The first-order valence-electron chi connectivity index (χ1n) is 9.14. The number of hydrogen-bond donors (Lipinski definition) is 2. The largest absolute Gasteiger partial charge is 0.452 e. The van der Waals surface area contributed by atoms with Gasteiger partial charge in [0.1, 0.15) is 6.54 Å². The Balaban J connectivity index is 1.95. The molecule has 0 unspecified atom stereocenters. The van der Waals surface area contributed by atoms with E-state index in [0.29, 0.717) is 11.3 Å².